The first kappa shape index (κ1) is 16.1. The first-order chi connectivity index (χ1) is 11.3. The van der Waals surface area contributed by atoms with Gasteiger partial charge < -0.3 is 9.64 Å². The van der Waals surface area contributed by atoms with Crippen LogP contribution < -0.4 is 4.74 Å². The molecule has 0 saturated carbocycles. The third-order valence-electron chi connectivity index (χ3n) is 4.83. The lowest BCUT2D eigenvalue weighted by atomic mass is 9.92. The molecule has 23 heavy (non-hydrogen) atoms. The maximum Gasteiger partial charge on any atom is 0.119 e. The average molecular weight is 309 g/mol. The zero-order valence-electron chi connectivity index (χ0n) is 14.3. The second-order valence-corrected chi connectivity index (χ2v) is 6.17. The first-order valence-corrected chi connectivity index (χ1v) is 8.86. The van der Waals surface area contributed by atoms with E-state index in [0.29, 0.717) is 0 Å². The normalized spacial score (nSPS) is 16.7. The molecule has 3 rings (SSSR count). The Bertz CT molecular complexity index is 635. The summed E-state index contributed by atoms with van der Waals surface area (Å²) in [4.78, 5) is 2.38. The van der Waals surface area contributed by atoms with Crippen LogP contribution in [0.1, 0.15) is 38.7 Å². The molecule has 0 saturated heterocycles. The van der Waals surface area contributed by atoms with Gasteiger partial charge in [0.2, 0.25) is 0 Å². The summed E-state index contributed by atoms with van der Waals surface area (Å²) in [7, 11) is 0. The highest BCUT2D eigenvalue weighted by molar-refractivity contribution is 5.84. The number of nitrogens with zero attached hydrogens (tertiary/aromatic N) is 1. The molecule has 0 aliphatic heterocycles. The van der Waals surface area contributed by atoms with E-state index < -0.39 is 0 Å². The Morgan fingerprint density at radius 3 is 2.87 bits per heavy atom. The van der Waals surface area contributed by atoms with Gasteiger partial charge in [-0.15, -0.1) is 0 Å². The van der Waals surface area contributed by atoms with Crippen LogP contribution in [0.5, 0.6) is 5.75 Å². The molecule has 0 amide bonds. The number of benzene rings is 1. The van der Waals surface area contributed by atoms with Gasteiger partial charge >= 0.3 is 0 Å². The third kappa shape index (κ3) is 3.76. The molecule has 2 nitrogen and oxygen atoms in total. The summed E-state index contributed by atoms with van der Waals surface area (Å²) >= 11 is 0. The maximum atomic E-state index is 5.98. The number of rotatable bonds is 7. The Labute approximate surface area is 140 Å². The molecule has 0 fully saturated rings. The van der Waals surface area contributed by atoms with Gasteiger partial charge in [0, 0.05) is 6.54 Å². The van der Waals surface area contributed by atoms with Crippen LogP contribution in [0.25, 0.3) is 5.57 Å². The molecule has 1 aromatic rings. The van der Waals surface area contributed by atoms with Crippen LogP contribution in [-0.2, 0) is 0 Å². The topological polar surface area (TPSA) is 12.5 Å². The molecule has 122 valence electrons. The SMILES string of the molecule is CCN(CC)CCOc1cccc(C2=CCC3=C2CCC=C3)c1. The monoisotopic (exact) mass is 309 g/mol. The number of hydrogen-bond acceptors (Lipinski definition) is 2. The minimum Gasteiger partial charge on any atom is -0.492 e. The molecule has 0 bridgehead atoms. The van der Waals surface area contributed by atoms with Gasteiger partial charge in [-0.3, -0.25) is 0 Å². The van der Waals surface area contributed by atoms with Gasteiger partial charge in [0.1, 0.15) is 12.4 Å². The minimum atomic E-state index is 0.751. The van der Waals surface area contributed by atoms with Crippen LogP contribution in [0, 0.1) is 0 Å². The molecule has 2 heteroatoms. The second kappa shape index (κ2) is 7.65. The van der Waals surface area contributed by atoms with E-state index in [1.165, 1.54) is 28.7 Å². The summed E-state index contributed by atoms with van der Waals surface area (Å²) in [5.41, 5.74) is 5.75. The Morgan fingerprint density at radius 1 is 1.17 bits per heavy atom. The molecule has 0 atom stereocenters. The molecular weight excluding hydrogens is 282 g/mol. The van der Waals surface area contributed by atoms with E-state index in [1.54, 1.807) is 0 Å². The Hall–Kier alpha value is -1.80. The highest BCUT2D eigenvalue weighted by atomic mass is 16.5. The predicted octanol–water partition coefficient (Wildman–Crippen LogP) is 4.84. The fraction of sp³-hybridized carbons (Fsp3) is 0.429. The lowest BCUT2D eigenvalue weighted by Crippen LogP contribution is -2.27. The van der Waals surface area contributed by atoms with Gasteiger partial charge in [0.05, 0.1) is 0 Å². The Balaban J connectivity index is 1.66. The second-order valence-electron chi connectivity index (χ2n) is 6.17. The fourth-order valence-corrected chi connectivity index (χ4v) is 3.43. The summed E-state index contributed by atoms with van der Waals surface area (Å²) in [6.07, 6.45) is 10.4. The number of ether oxygens (including phenoxy) is 1. The molecule has 0 aromatic heterocycles. The lowest BCUT2D eigenvalue weighted by Gasteiger charge is -2.18. The molecule has 0 spiro atoms. The van der Waals surface area contributed by atoms with Gasteiger partial charge in [0.25, 0.3) is 0 Å². The van der Waals surface area contributed by atoms with Crippen molar-refractivity contribution in [2.45, 2.75) is 33.1 Å². The van der Waals surface area contributed by atoms with Gasteiger partial charge in [-0.25, -0.2) is 0 Å². The molecule has 2 aliphatic carbocycles. The highest BCUT2D eigenvalue weighted by Gasteiger charge is 2.19. The zero-order chi connectivity index (χ0) is 16.1. The van der Waals surface area contributed by atoms with Crippen LogP contribution in [0.3, 0.4) is 0 Å². The van der Waals surface area contributed by atoms with Crippen molar-refractivity contribution in [2.24, 2.45) is 0 Å². The molecule has 0 N–H and O–H groups in total. The van der Waals surface area contributed by atoms with E-state index in [1.807, 2.05) is 0 Å². The third-order valence-corrected chi connectivity index (χ3v) is 4.83. The van der Waals surface area contributed by atoms with E-state index in [2.05, 4.69) is 61.2 Å². The fourth-order valence-electron chi connectivity index (χ4n) is 3.43. The van der Waals surface area contributed by atoms with Gasteiger partial charge in [0.15, 0.2) is 0 Å². The van der Waals surface area contributed by atoms with Crippen LogP contribution in [-0.4, -0.2) is 31.1 Å². The van der Waals surface area contributed by atoms with Crippen molar-refractivity contribution in [3.05, 3.63) is 59.2 Å². The van der Waals surface area contributed by atoms with E-state index >= 15 is 0 Å². The van der Waals surface area contributed by atoms with Crippen molar-refractivity contribution in [2.75, 3.05) is 26.2 Å². The van der Waals surface area contributed by atoms with Gasteiger partial charge in [-0.1, -0.05) is 44.2 Å². The number of likely N-dealkylation sites (N-methyl/N-ethyl adjacent to an activating group) is 1. The largest absolute Gasteiger partial charge is 0.492 e. The maximum absolute atomic E-state index is 5.98. The Kier molecular flexibility index (Phi) is 5.35. The quantitative estimate of drug-likeness (QED) is 0.714. The number of allylic oxidation sites excluding steroid dienone is 6. The van der Waals surface area contributed by atoms with Crippen molar-refractivity contribution in [1.29, 1.82) is 0 Å². The van der Waals surface area contributed by atoms with Crippen LogP contribution in [0.4, 0.5) is 0 Å². The molecular formula is C21H27NO. The van der Waals surface area contributed by atoms with Crippen LogP contribution in [0.2, 0.25) is 0 Å². The summed E-state index contributed by atoms with van der Waals surface area (Å²) in [5.74, 6) is 0.982. The number of hydrogen-bond donors (Lipinski definition) is 0. The van der Waals surface area contributed by atoms with Crippen LogP contribution in [0.15, 0.2) is 53.6 Å². The first-order valence-electron chi connectivity index (χ1n) is 8.86. The van der Waals surface area contributed by atoms with Crippen molar-refractivity contribution < 1.29 is 4.74 Å². The van der Waals surface area contributed by atoms with E-state index in [9.17, 15) is 0 Å². The standard InChI is InChI=1S/C21H27NO/c1-3-22(4-2)14-15-23-19-10-7-9-18(16-19)21-13-12-17-8-5-6-11-20(17)21/h5,7-10,13,16H,3-4,6,11-12,14-15H2,1-2H3. The minimum absolute atomic E-state index is 0.751. The van der Waals surface area contributed by atoms with E-state index in [0.717, 1.165) is 44.8 Å². The Morgan fingerprint density at radius 2 is 2.04 bits per heavy atom. The van der Waals surface area contributed by atoms with Crippen molar-refractivity contribution in [1.82, 2.24) is 4.90 Å². The average Bonchev–Trinajstić information content (AvgIpc) is 3.03. The molecule has 0 radical (unpaired) electrons. The predicted molar refractivity (Wildman–Crippen MR) is 97.7 cm³/mol. The van der Waals surface area contributed by atoms with Crippen molar-refractivity contribution in [3.8, 4) is 5.75 Å². The molecule has 0 unspecified atom stereocenters. The van der Waals surface area contributed by atoms with Gasteiger partial charge in [-0.2, -0.15) is 0 Å². The van der Waals surface area contributed by atoms with E-state index in [-0.39, 0.29) is 0 Å². The van der Waals surface area contributed by atoms with Crippen molar-refractivity contribution >= 4 is 5.57 Å². The molecule has 2 aliphatic rings. The highest BCUT2D eigenvalue weighted by Crippen LogP contribution is 2.39. The smallest absolute Gasteiger partial charge is 0.119 e. The molecule has 1 aromatic carbocycles. The van der Waals surface area contributed by atoms with Crippen LogP contribution >= 0.6 is 0 Å². The summed E-state index contributed by atoms with van der Waals surface area (Å²) in [5, 5.41) is 0. The zero-order valence-corrected chi connectivity index (χ0v) is 14.3. The summed E-state index contributed by atoms with van der Waals surface area (Å²) in [6.45, 7) is 8.29. The van der Waals surface area contributed by atoms with E-state index in [4.69, 9.17) is 4.74 Å². The lowest BCUT2D eigenvalue weighted by molar-refractivity contribution is 0.223. The summed E-state index contributed by atoms with van der Waals surface area (Å²) < 4.78 is 5.98. The van der Waals surface area contributed by atoms with Gasteiger partial charge in [-0.05, 0) is 66.8 Å². The van der Waals surface area contributed by atoms with Crippen molar-refractivity contribution in [3.63, 3.8) is 0 Å². The summed E-state index contributed by atoms with van der Waals surface area (Å²) in [6, 6.07) is 8.58. The molecule has 0 heterocycles.